The number of benzene rings is 1. The van der Waals surface area contributed by atoms with E-state index in [4.69, 9.17) is 5.73 Å². The van der Waals surface area contributed by atoms with Crippen LogP contribution in [0.3, 0.4) is 0 Å². The second-order valence-electron chi connectivity index (χ2n) is 4.90. The molecule has 0 aromatic heterocycles. The average Bonchev–Trinajstić information content (AvgIpc) is 2.39. The summed E-state index contributed by atoms with van der Waals surface area (Å²) in [6, 6.07) is 6.60. The lowest BCUT2D eigenvalue weighted by molar-refractivity contribution is -0.384. The van der Waals surface area contributed by atoms with E-state index in [-0.39, 0.29) is 17.5 Å². The van der Waals surface area contributed by atoms with Crippen LogP contribution in [0.2, 0.25) is 0 Å². The summed E-state index contributed by atoms with van der Waals surface area (Å²) >= 11 is 0. The minimum absolute atomic E-state index is 0.0981. The summed E-state index contributed by atoms with van der Waals surface area (Å²) < 4.78 is 0. The molecule has 0 unspecified atom stereocenters. The fourth-order valence-corrected chi connectivity index (χ4v) is 2.46. The highest BCUT2D eigenvalue weighted by Crippen LogP contribution is 2.20. The molecule has 1 heterocycles. The van der Waals surface area contributed by atoms with Crippen molar-refractivity contribution in [1.29, 1.82) is 0 Å². The number of carbonyl (C=O) groups excluding carboxylic acids is 1. The highest BCUT2D eigenvalue weighted by atomic mass is 16.6. The highest BCUT2D eigenvalue weighted by molar-refractivity contribution is 5.76. The zero-order valence-corrected chi connectivity index (χ0v) is 10.6. The molecule has 6 nitrogen and oxygen atoms in total. The molecule has 1 amide bonds. The number of nitro groups is 1. The number of nitro benzene ring substituents is 1. The molecule has 19 heavy (non-hydrogen) atoms. The third-order valence-electron chi connectivity index (χ3n) is 3.44. The number of piperidine rings is 1. The first-order valence-electron chi connectivity index (χ1n) is 6.31. The molecule has 1 atom stereocenters. The Hall–Kier alpha value is -1.95. The monoisotopic (exact) mass is 263 g/mol. The number of hydrogen-bond acceptors (Lipinski definition) is 4. The van der Waals surface area contributed by atoms with Crippen molar-refractivity contribution in [3.8, 4) is 0 Å². The molecule has 0 radical (unpaired) electrons. The molecule has 0 spiro atoms. The van der Waals surface area contributed by atoms with Gasteiger partial charge >= 0.3 is 0 Å². The van der Waals surface area contributed by atoms with Crippen molar-refractivity contribution in [3.05, 3.63) is 39.9 Å². The average molecular weight is 263 g/mol. The molecular formula is C13H17N3O3. The van der Waals surface area contributed by atoms with Gasteiger partial charge in [-0.3, -0.25) is 19.8 Å². The van der Waals surface area contributed by atoms with Gasteiger partial charge in [0, 0.05) is 25.2 Å². The molecule has 1 saturated heterocycles. The molecular weight excluding hydrogens is 246 g/mol. The smallest absolute Gasteiger partial charge is 0.269 e. The van der Waals surface area contributed by atoms with Crippen LogP contribution in [0.25, 0.3) is 0 Å². The SMILES string of the molecule is NC(=O)[C@H]1CCCN(Cc2cccc([N+](=O)[O-])c2)C1. The summed E-state index contributed by atoms with van der Waals surface area (Å²) in [5.74, 6) is -0.365. The van der Waals surface area contributed by atoms with Gasteiger partial charge in [-0.15, -0.1) is 0 Å². The van der Waals surface area contributed by atoms with E-state index in [0.29, 0.717) is 13.1 Å². The van der Waals surface area contributed by atoms with Crippen molar-refractivity contribution in [2.75, 3.05) is 13.1 Å². The third kappa shape index (κ3) is 3.51. The maximum atomic E-state index is 11.2. The van der Waals surface area contributed by atoms with Crippen molar-refractivity contribution in [1.82, 2.24) is 4.90 Å². The Kier molecular flexibility index (Phi) is 4.11. The summed E-state index contributed by atoms with van der Waals surface area (Å²) in [4.78, 5) is 23.6. The van der Waals surface area contributed by atoms with E-state index >= 15 is 0 Å². The molecule has 1 aromatic carbocycles. The lowest BCUT2D eigenvalue weighted by atomic mass is 9.97. The van der Waals surface area contributed by atoms with E-state index < -0.39 is 4.92 Å². The quantitative estimate of drug-likeness (QED) is 0.654. The molecule has 0 aliphatic carbocycles. The number of carbonyl (C=O) groups is 1. The van der Waals surface area contributed by atoms with Crippen LogP contribution in [0.4, 0.5) is 5.69 Å². The standard InChI is InChI=1S/C13H17N3O3/c14-13(17)11-4-2-6-15(9-11)8-10-3-1-5-12(7-10)16(18)19/h1,3,5,7,11H,2,4,6,8-9H2,(H2,14,17)/t11-/m0/s1. The van der Waals surface area contributed by atoms with Crippen molar-refractivity contribution >= 4 is 11.6 Å². The molecule has 1 aliphatic rings. The summed E-state index contributed by atoms with van der Waals surface area (Å²) in [5.41, 5.74) is 6.32. The van der Waals surface area contributed by atoms with Crippen LogP contribution < -0.4 is 5.73 Å². The van der Waals surface area contributed by atoms with Crippen LogP contribution in [-0.2, 0) is 11.3 Å². The van der Waals surface area contributed by atoms with E-state index in [0.717, 1.165) is 24.9 Å². The number of nitrogens with zero attached hydrogens (tertiary/aromatic N) is 2. The van der Waals surface area contributed by atoms with Crippen LogP contribution >= 0.6 is 0 Å². The zero-order valence-electron chi connectivity index (χ0n) is 10.6. The number of nitrogens with two attached hydrogens (primary N) is 1. The Balaban J connectivity index is 2.02. The van der Waals surface area contributed by atoms with Crippen LogP contribution in [0.1, 0.15) is 18.4 Å². The molecule has 102 valence electrons. The number of rotatable bonds is 4. The summed E-state index contributed by atoms with van der Waals surface area (Å²) in [7, 11) is 0. The van der Waals surface area contributed by atoms with Gasteiger partial charge in [-0.05, 0) is 24.9 Å². The topological polar surface area (TPSA) is 89.5 Å². The molecule has 0 saturated carbocycles. The van der Waals surface area contributed by atoms with Gasteiger partial charge in [-0.2, -0.15) is 0 Å². The maximum absolute atomic E-state index is 11.2. The molecule has 2 N–H and O–H groups in total. The highest BCUT2D eigenvalue weighted by Gasteiger charge is 2.24. The molecule has 2 rings (SSSR count). The van der Waals surface area contributed by atoms with Crippen LogP contribution in [-0.4, -0.2) is 28.8 Å². The summed E-state index contributed by atoms with van der Waals surface area (Å²) in [5, 5.41) is 10.7. The fourth-order valence-electron chi connectivity index (χ4n) is 2.46. The predicted octanol–water partition coefficient (Wildman–Crippen LogP) is 1.29. The first kappa shape index (κ1) is 13.5. The van der Waals surface area contributed by atoms with Crippen LogP contribution in [0, 0.1) is 16.0 Å². The Morgan fingerprint density at radius 2 is 2.32 bits per heavy atom. The normalized spacial score (nSPS) is 20.1. The van der Waals surface area contributed by atoms with Gasteiger partial charge < -0.3 is 5.73 Å². The van der Waals surface area contributed by atoms with Gasteiger partial charge in [0.25, 0.3) is 5.69 Å². The third-order valence-corrected chi connectivity index (χ3v) is 3.44. The summed E-state index contributed by atoms with van der Waals surface area (Å²) in [6.45, 7) is 2.15. The number of primary amides is 1. The van der Waals surface area contributed by atoms with Gasteiger partial charge in [-0.1, -0.05) is 12.1 Å². The van der Waals surface area contributed by atoms with Gasteiger partial charge in [0.2, 0.25) is 5.91 Å². The van der Waals surface area contributed by atoms with Crippen molar-refractivity contribution in [2.45, 2.75) is 19.4 Å². The fraction of sp³-hybridized carbons (Fsp3) is 0.462. The lowest BCUT2D eigenvalue weighted by Crippen LogP contribution is -2.40. The first-order valence-corrected chi connectivity index (χ1v) is 6.31. The van der Waals surface area contributed by atoms with E-state index in [1.807, 2.05) is 6.07 Å². The van der Waals surface area contributed by atoms with E-state index in [2.05, 4.69) is 4.90 Å². The second kappa shape index (κ2) is 5.79. The Morgan fingerprint density at radius 1 is 1.53 bits per heavy atom. The van der Waals surface area contributed by atoms with Crippen molar-refractivity contribution in [2.24, 2.45) is 11.7 Å². The van der Waals surface area contributed by atoms with Gasteiger partial charge in [0.05, 0.1) is 10.8 Å². The number of likely N-dealkylation sites (tertiary alicyclic amines) is 1. The molecule has 1 aromatic rings. The molecule has 6 heteroatoms. The van der Waals surface area contributed by atoms with Crippen molar-refractivity contribution < 1.29 is 9.72 Å². The van der Waals surface area contributed by atoms with Crippen LogP contribution in [0.5, 0.6) is 0 Å². The minimum Gasteiger partial charge on any atom is -0.369 e. The summed E-state index contributed by atoms with van der Waals surface area (Å²) in [6.07, 6.45) is 1.77. The first-order chi connectivity index (χ1) is 9.06. The lowest BCUT2D eigenvalue weighted by Gasteiger charge is -2.31. The molecule has 1 aliphatic heterocycles. The number of hydrogen-bond donors (Lipinski definition) is 1. The predicted molar refractivity (Wildman–Crippen MR) is 70.3 cm³/mol. The molecule has 1 fully saturated rings. The maximum Gasteiger partial charge on any atom is 0.269 e. The van der Waals surface area contributed by atoms with E-state index in [1.165, 1.54) is 6.07 Å². The minimum atomic E-state index is -0.397. The Labute approximate surface area is 111 Å². The van der Waals surface area contributed by atoms with Crippen molar-refractivity contribution in [3.63, 3.8) is 0 Å². The van der Waals surface area contributed by atoms with E-state index in [1.54, 1.807) is 12.1 Å². The van der Waals surface area contributed by atoms with E-state index in [9.17, 15) is 14.9 Å². The van der Waals surface area contributed by atoms with Gasteiger partial charge in [0.1, 0.15) is 0 Å². The molecule has 0 bridgehead atoms. The second-order valence-corrected chi connectivity index (χ2v) is 4.90. The van der Waals surface area contributed by atoms with Crippen LogP contribution in [0.15, 0.2) is 24.3 Å². The van der Waals surface area contributed by atoms with Gasteiger partial charge in [-0.25, -0.2) is 0 Å². The Bertz CT molecular complexity index is 490. The number of amides is 1. The number of non-ortho nitro benzene ring substituents is 1. The largest absolute Gasteiger partial charge is 0.369 e. The zero-order chi connectivity index (χ0) is 13.8. The Morgan fingerprint density at radius 3 is 3.00 bits per heavy atom. The van der Waals surface area contributed by atoms with Gasteiger partial charge in [0.15, 0.2) is 0 Å².